The molecule has 0 aliphatic rings. The van der Waals surface area contributed by atoms with Crippen molar-refractivity contribution in [1.82, 2.24) is 20.1 Å². The second kappa shape index (κ2) is 8.42. The summed E-state index contributed by atoms with van der Waals surface area (Å²) in [5.41, 5.74) is -2.15. The number of carbonyl (C=O) groups excluding carboxylic acids is 1. The molecule has 0 aliphatic heterocycles. The lowest BCUT2D eigenvalue weighted by atomic mass is 9.95. The first-order valence-corrected chi connectivity index (χ1v) is 9.79. The molecule has 0 bridgehead atoms. The summed E-state index contributed by atoms with van der Waals surface area (Å²) in [6.07, 6.45) is -4.90. The second-order valence-electron chi connectivity index (χ2n) is 8.10. The molecule has 0 spiro atoms. The summed E-state index contributed by atoms with van der Waals surface area (Å²) in [5.74, 6) is -1.80. The number of aromatic nitrogens is 3. The first kappa shape index (κ1) is 23.5. The van der Waals surface area contributed by atoms with Crippen LogP contribution < -0.4 is 11.0 Å². The van der Waals surface area contributed by atoms with Crippen LogP contribution in [0.25, 0.3) is 17.1 Å². The van der Waals surface area contributed by atoms with Crippen molar-refractivity contribution >= 4 is 17.5 Å². The van der Waals surface area contributed by atoms with E-state index >= 15 is 0 Å². The molecule has 0 saturated heterocycles. The molecule has 3 aromatic rings. The summed E-state index contributed by atoms with van der Waals surface area (Å²) < 4.78 is 53.5. The maximum Gasteiger partial charge on any atom is 0.419 e. The maximum absolute atomic E-state index is 13.6. The molecule has 0 radical (unpaired) electrons. The first-order chi connectivity index (χ1) is 14.8. The number of amides is 1. The molecule has 0 unspecified atom stereocenters. The fraction of sp³-hybridized carbons (Fsp3) is 0.286. The number of benzene rings is 2. The number of nitrogens with zero attached hydrogens (tertiary/aromatic N) is 2. The van der Waals surface area contributed by atoms with Crippen molar-refractivity contribution in [3.05, 3.63) is 68.8 Å². The molecule has 1 aromatic heterocycles. The molecule has 11 heteroatoms. The normalized spacial score (nSPS) is 12.1. The highest BCUT2D eigenvalue weighted by Crippen LogP contribution is 2.33. The van der Waals surface area contributed by atoms with Crippen LogP contribution in [0.3, 0.4) is 0 Å². The summed E-state index contributed by atoms with van der Waals surface area (Å²) in [5, 5.41) is 6.95. The predicted molar refractivity (Wildman–Crippen MR) is 111 cm³/mol. The van der Waals surface area contributed by atoms with E-state index in [4.69, 9.17) is 11.6 Å². The van der Waals surface area contributed by atoms with E-state index < -0.39 is 28.7 Å². The van der Waals surface area contributed by atoms with Gasteiger partial charge < -0.3 is 5.32 Å². The lowest BCUT2D eigenvalue weighted by Gasteiger charge is -2.17. The molecular weight excluding hydrogens is 452 g/mol. The van der Waals surface area contributed by atoms with Crippen molar-refractivity contribution in [3.8, 4) is 17.1 Å². The van der Waals surface area contributed by atoms with Crippen LogP contribution in [0.4, 0.5) is 17.6 Å². The number of halogens is 5. The minimum Gasteiger partial charge on any atom is -0.352 e. The molecule has 1 amide bonds. The fourth-order valence-electron chi connectivity index (χ4n) is 2.79. The molecule has 0 fully saturated rings. The molecule has 2 aromatic carbocycles. The van der Waals surface area contributed by atoms with E-state index in [1.807, 2.05) is 0 Å². The summed E-state index contributed by atoms with van der Waals surface area (Å²) in [7, 11) is 0. The summed E-state index contributed by atoms with van der Waals surface area (Å²) >= 11 is 6.20. The van der Waals surface area contributed by atoms with Gasteiger partial charge in [-0.3, -0.25) is 9.78 Å². The average Bonchev–Trinajstić information content (AvgIpc) is 3.07. The zero-order valence-electron chi connectivity index (χ0n) is 17.3. The molecule has 2 N–H and O–H groups in total. The number of hydrogen-bond acceptors (Lipinski definition) is 3. The Hall–Kier alpha value is -3.14. The highest BCUT2D eigenvalue weighted by Gasteiger charge is 2.34. The van der Waals surface area contributed by atoms with Gasteiger partial charge in [0.25, 0.3) is 0 Å². The number of rotatable bonds is 4. The quantitative estimate of drug-likeness (QED) is 0.542. The van der Waals surface area contributed by atoms with Crippen LogP contribution in [0.15, 0.2) is 41.2 Å². The van der Waals surface area contributed by atoms with E-state index in [-0.39, 0.29) is 34.5 Å². The zero-order valence-corrected chi connectivity index (χ0v) is 18.0. The third kappa shape index (κ3) is 5.01. The van der Waals surface area contributed by atoms with Gasteiger partial charge in [-0.15, -0.1) is 5.10 Å². The van der Waals surface area contributed by atoms with Gasteiger partial charge in [0, 0.05) is 17.5 Å². The minimum absolute atomic E-state index is 0.126. The molecule has 0 atom stereocenters. The number of aromatic amines is 1. The van der Waals surface area contributed by atoms with Crippen LogP contribution in [0, 0.1) is 11.2 Å². The monoisotopic (exact) mass is 470 g/mol. The van der Waals surface area contributed by atoms with Crippen LogP contribution in [-0.2, 0) is 17.5 Å². The largest absolute Gasteiger partial charge is 0.419 e. The van der Waals surface area contributed by atoms with E-state index in [0.29, 0.717) is 17.7 Å². The van der Waals surface area contributed by atoms with Gasteiger partial charge in [-0.2, -0.15) is 17.9 Å². The minimum atomic E-state index is -4.90. The number of hydrogen-bond donors (Lipinski definition) is 2. The Balaban J connectivity index is 1.96. The summed E-state index contributed by atoms with van der Waals surface area (Å²) in [6.45, 7) is 5.46. The summed E-state index contributed by atoms with van der Waals surface area (Å²) in [4.78, 5) is 26.9. The van der Waals surface area contributed by atoms with Crippen molar-refractivity contribution in [2.75, 3.05) is 0 Å². The Morgan fingerprint density at radius 2 is 1.84 bits per heavy atom. The predicted octanol–water partition coefficient (Wildman–Crippen LogP) is 4.70. The van der Waals surface area contributed by atoms with Crippen molar-refractivity contribution in [3.63, 3.8) is 0 Å². The van der Waals surface area contributed by atoms with Crippen molar-refractivity contribution in [2.24, 2.45) is 5.41 Å². The Kier molecular flexibility index (Phi) is 6.19. The smallest absolute Gasteiger partial charge is 0.352 e. The van der Waals surface area contributed by atoms with Crippen LogP contribution in [-0.4, -0.2) is 20.7 Å². The third-order valence-corrected chi connectivity index (χ3v) is 4.86. The molecule has 1 heterocycles. The molecule has 6 nitrogen and oxygen atoms in total. The van der Waals surface area contributed by atoms with Crippen molar-refractivity contribution in [1.29, 1.82) is 0 Å². The van der Waals surface area contributed by atoms with Gasteiger partial charge in [-0.25, -0.2) is 9.18 Å². The number of alkyl halides is 3. The van der Waals surface area contributed by atoms with Crippen molar-refractivity contribution < 1.29 is 22.4 Å². The highest BCUT2D eigenvalue weighted by molar-refractivity contribution is 6.32. The van der Waals surface area contributed by atoms with Crippen LogP contribution in [0.2, 0.25) is 5.02 Å². The third-order valence-electron chi connectivity index (χ3n) is 4.54. The van der Waals surface area contributed by atoms with E-state index in [2.05, 4.69) is 15.4 Å². The van der Waals surface area contributed by atoms with Crippen LogP contribution in [0.5, 0.6) is 0 Å². The van der Waals surface area contributed by atoms with E-state index in [0.717, 1.165) is 10.7 Å². The Bertz CT molecular complexity index is 1230. The van der Waals surface area contributed by atoms with E-state index in [9.17, 15) is 27.2 Å². The van der Waals surface area contributed by atoms with Gasteiger partial charge in [0.05, 0.1) is 16.3 Å². The van der Waals surface area contributed by atoms with Gasteiger partial charge in [0.2, 0.25) is 5.91 Å². The Morgan fingerprint density at radius 1 is 1.16 bits per heavy atom. The standard InChI is InChI=1S/C21H19ClF4N4O2/c1-20(2,3)18(31)27-10-11-4-6-14(22)16(8-11)30-19(32)28-17(29-30)12-5-7-15(23)13(9-12)21(24,25)26/h4-9H,10H2,1-3H3,(H,27,31)(H,28,29,32). The van der Waals surface area contributed by atoms with Crippen LogP contribution >= 0.6 is 11.6 Å². The molecular formula is C21H19ClF4N4O2. The Morgan fingerprint density at radius 3 is 2.47 bits per heavy atom. The number of H-pyrrole nitrogens is 1. The van der Waals surface area contributed by atoms with Gasteiger partial charge in [0.1, 0.15) is 5.82 Å². The maximum atomic E-state index is 13.6. The lowest BCUT2D eigenvalue weighted by molar-refractivity contribution is -0.140. The second-order valence-corrected chi connectivity index (χ2v) is 8.51. The zero-order chi connectivity index (χ0) is 23.8. The SMILES string of the molecule is CC(C)(C)C(=O)NCc1ccc(Cl)c(-n2nc(-c3ccc(F)c(C(F)(F)F)c3)[nH]c2=O)c1. The first-order valence-electron chi connectivity index (χ1n) is 9.41. The fourth-order valence-corrected chi connectivity index (χ4v) is 2.98. The van der Waals surface area contributed by atoms with Gasteiger partial charge in [-0.1, -0.05) is 38.4 Å². The molecule has 170 valence electrons. The average molecular weight is 471 g/mol. The molecule has 0 aliphatic carbocycles. The van der Waals surface area contributed by atoms with Gasteiger partial charge in [0.15, 0.2) is 5.82 Å². The Labute approximate surface area is 185 Å². The van der Waals surface area contributed by atoms with Crippen LogP contribution in [0.1, 0.15) is 31.9 Å². The summed E-state index contributed by atoms with van der Waals surface area (Å²) in [6, 6.07) is 6.99. The molecule has 3 rings (SSSR count). The highest BCUT2D eigenvalue weighted by atomic mass is 35.5. The van der Waals surface area contributed by atoms with E-state index in [1.54, 1.807) is 26.8 Å². The molecule has 32 heavy (non-hydrogen) atoms. The van der Waals surface area contributed by atoms with Crippen molar-refractivity contribution in [2.45, 2.75) is 33.5 Å². The lowest BCUT2D eigenvalue weighted by Crippen LogP contribution is -2.34. The number of carbonyl (C=O) groups is 1. The van der Waals surface area contributed by atoms with E-state index in [1.165, 1.54) is 12.1 Å². The number of nitrogens with one attached hydrogen (secondary N) is 2. The topological polar surface area (TPSA) is 79.8 Å². The molecule has 0 saturated carbocycles. The van der Waals surface area contributed by atoms with Gasteiger partial charge >= 0.3 is 11.9 Å². The van der Waals surface area contributed by atoms with Gasteiger partial charge in [-0.05, 0) is 35.9 Å².